The van der Waals surface area contributed by atoms with E-state index < -0.39 is 13.0 Å². The summed E-state index contributed by atoms with van der Waals surface area (Å²) in [6.45, 7) is -0.488. The molecule has 2 nitrogen and oxygen atoms in total. The van der Waals surface area contributed by atoms with Gasteiger partial charge in [0.1, 0.15) is 0 Å². The molecule has 2 rings (SSSR count). The SMILES string of the molecule is FC(F)(F)OCc1cc2ccccc2[nH]1. The number of hydrogen-bond acceptors (Lipinski definition) is 1. The molecule has 0 bridgehead atoms. The highest BCUT2D eigenvalue weighted by atomic mass is 19.4. The lowest BCUT2D eigenvalue weighted by atomic mass is 10.2. The first-order valence-electron chi connectivity index (χ1n) is 4.32. The number of hydrogen-bond donors (Lipinski definition) is 1. The fourth-order valence-electron chi connectivity index (χ4n) is 1.37. The molecule has 0 aliphatic carbocycles. The number of halogens is 3. The van der Waals surface area contributed by atoms with Gasteiger partial charge in [0.05, 0.1) is 6.61 Å². The van der Waals surface area contributed by atoms with Gasteiger partial charge in [0.15, 0.2) is 0 Å². The molecule has 2 aromatic rings. The lowest BCUT2D eigenvalue weighted by molar-refractivity contribution is -0.330. The standard InChI is InChI=1S/C10H8F3NO/c11-10(12,13)15-6-8-5-7-3-1-2-4-9(7)14-8/h1-5,14H,6H2. The molecular formula is C10H8F3NO. The second-order valence-electron chi connectivity index (χ2n) is 3.12. The van der Waals surface area contributed by atoms with Gasteiger partial charge in [0.2, 0.25) is 0 Å². The van der Waals surface area contributed by atoms with E-state index in [1.165, 1.54) is 0 Å². The van der Waals surface area contributed by atoms with Crippen LogP contribution in [0.2, 0.25) is 0 Å². The normalized spacial score (nSPS) is 12.2. The number of rotatable bonds is 2. The summed E-state index contributed by atoms with van der Waals surface area (Å²) in [5, 5.41) is 0.873. The van der Waals surface area contributed by atoms with E-state index in [4.69, 9.17) is 0 Å². The number of ether oxygens (including phenoxy) is 1. The lowest BCUT2D eigenvalue weighted by Crippen LogP contribution is -2.12. The zero-order valence-electron chi connectivity index (χ0n) is 7.64. The summed E-state index contributed by atoms with van der Waals surface area (Å²) in [7, 11) is 0. The molecule has 1 N–H and O–H groups in total. The van der Waals surface area contributed by atoms with Gasteiger partial charge in [-0.25, -0.2) is 0 Å². The summed E-state index contributed by atoms with van der Waals surface area (Å²) in [6.07, 6.45) is -4.59. The summed E-state index contributed by atoms with van der Waals surface area (Å²) in [4.78, 5) is 2.84. The highest BCUT2D eigenvalue weighted by Gasteiger charge is 2.29. The fraction of sp³-hybridized carbons (Fsp3) is 0.200. The minimum absolute atomic E-state index is 0.411. The molecule has 0 radical (unpaired) electrons. The Balaban J connectivity index is 2.16. The predicted molar refractivity (Wildman–Crippen MR) is 49.1 cm³/mol. The summed E-state index contributed by atoms with van der Waals surface area (Å²) in [5.41, 5.74) is 1.21. The molecule has 1 heterocycles. The third-order valence-corrected chi connectivity index (χ3v) is 1.98. The topological polar surface area (TPSA) is 25.0 Å². The number of aromatic amines is 1. The molecule has 0 fully saturated rings. The largest absolute Gasteiger partial charge is 0.522 e. The maximum Gasteiger partial charge on any atom is 0.522 e. The first-order chi connectivity index (χ1) is 7.04. The number of benzene rings is 1. The van der Waals surface area contributed by atoms with Gasteiger partial charge in [0.25, 0.3) is 0 Å². The molecule has 1 aromatic heterocycles. The zero-order chi connectivity index (χ0) is 10.9. The van der Waals surface area contributed by atoms with Crippen molar-refractivity contribution < 1.29 is 17.9 Å². The first-order valence-corrected chi connectivity index (χ1v) is 4.32. The third-order valence-electron chi connectivity index (χ3n) is 1.98. The van der Waals surface area contributed by atoms with Crippen molar-refractivity contribution in [2.45, 2.75) is 13.0 Å². The molecule has 0 aliphatic heterocycles. The summed E-state index contributed by atoms with van der Waals surface area (Å²) in [5.74, 6) is 0. The minimum atomic E-state index is -4.59. The zero-order valence-corrected chi connectivity index (χ0v) is 7.64. The smallest absolute Gasteiger partial charge is 0.356 e. The van der Waals surface area contributed by atoms with Gasteiger partial charge in [-0.15, -0.1) is 13.2 Å². The first kappa shape index (κ1) is 10.0. The quantitative estimate of drug-likeness (QED) is 0.817. The van der Waals surface area contributed by atoms with Crippen LogP contribution in [0, 0.1) is 0 Å². The van der Waals surface area contributed by atoms with Gasteiger partial charge < -0.3 is 4.98 Å². The molecule has 0 spiro atoms. The van der Waals surface area contributed by atoms with E-state index >= 15 is 0 Å². The van der Waals surface area contributed by atoms with Crippen LogP contribution >= 0.6 is 0 Å². The Labute approximate surface area is 83.7 Å². The average molecular weight is 215 g/mol. The Bertz CT molecular complexity index is 428. The Hall–Kier alpha value is -1.49. The van der Waals surface area contributed by atoms with Crippen LogP contribution in [0.4, 0.5) is 13.2 Å². The minimum Gasteiger partial charge on any atom is -0.356 e. The van der Waals surface area contributed by atoms with Crippen LogP contribution < -0.4 is 0 Å². The number of aromatic nitrogens is 1. The second-order valence-corrected chi connectivity index (χ2v) is 3.12. The van der Waals surface area contributed by atoms with Crippen molar-refractivity contribution in [1.29, 1.82) is 0 Å². The number of fused-ring (bicyclic) bond motifs is 1. The molecule has 15 heavy (non-hydrogen) atoms. The fourth-order valence-corrected chi connectivity index (χ4v) is 1.37. The summed E-state index contributed by atoms with van der Waals surface area (Å²) >= 11 is 0. The van der Waals surface area contributed by atoms with Gasteiger partial charge >= 0.3 is 6.36 Å². The van der Waals surface area contributed by atoms with Crippen molar-refractivity contribution in [1.82, 2.24) is 4.98 Å². The average Bonchev–Trinajstić information content (AvgIpc) is 2.56. The number of H-pyrrole nitrogens is 1. The van der Waals surface area contributed by atoms with E-state index in [1.807, 2.05) is 18.2 Å². The second kappa shape index (κ2) is 3.58. The molecule has 80 valence electrons. The van der Waals surface area contributed by atoms with Crippen molar-refractivity contribution in [3.8, 4) is 0 Å². The van der Waals surface area contributed by atoms with Crippen LogP contribution in [0.15, 0.2) is 30.3 Å². The van der Waals surface area contributed by atoms with Gasteiger partial charge in [0, 0.05) is 11.2 Å². The molecule has 0 aliphatic rings. The van der Waals surface area contributed by atoms with Crippen LogP contribution in [0.3, 0.4) is 0 Å². The van der Waals surface area contributed by atoms with Crippen LogP contribution in [0.1, 0.15) is 5.69 Å². The van der Waals surface area contributed by atoms with Crippen LogP contribution in [-0.2, 0) is 11.3 Å². The van der Waals surface area contributed by atoms with Crippen LogP contribution in [-0.4, -0.2) is 11.3 Å². The van der Waals surface area contributed by atoms with Crippen molar-refractivity contribution in [2.24, 2.45) is 0 Å². The molecule has 5 heteroatoms. The van der Waals surface area contributed by atoms with Gasteiger partial charge in [-0.1, -0.05) is 18.2 Å². The molecule has 1 aromatic carbocycles. The van der Waals surface area contributed by atoms with Crippen molar-refractivity contribution in [3.05, 3.63) is 36.0 Å². The molecular weight excluding hydrogens is 207 g/mol. The summed E-state index contributed by atoms with van der Waals surface area (Å²) < 4.78 is 39.0. The van der Waals surface area contributed by atoms with Gasteiger partial charge in [-0.05, 0) is 17.5 Å². The Morgan fingerprint density at radius 3 is 2.60 bits per heavy atom. The third kappa shape index (κ3) is 2.50. The van der Waals surface area contributed by atoms with E-state index in [2.05, 4.69) is 9.72 Å². The van der Waals surface area contributed by atoms with Gasteiger partial charge in [-0.3, -0.25) is 4.74 Å². The maximum absolute atomic E-state index is 11.8. The maximum atomic E-state index is 11.8. The lowest BCUT2D eigenvalue weighted by Gasteiger charge is -2.04. The van der Waals surface area contributed by atoms with E-state index in [1.54, 1.807) is 12.1 Å². The Morgan fingerprint density at radius 2 is 1.93 bits per heavy atom. The molecule has 0 atom stereocenters. The van der Waals surface area contributed by atoms with Crippen molar-refractivity contribution in [3.63, 3.8) is 0 Å². The van der Waals surface area contributed by atoms with E-state index in [-0.39, 0.29) is 0 Å². The number of alkyl halides is 3. The highest BCUT2D eigenvalue weighted by Crippen LogP contribution is 2.20. The van der Waals surface area contributed by atoms with Crippen molar-refractivity contribution in [2.75, 3.05) is 0 Å². The van der Waals surface area contributed by atoms with E-state index in [0.29, 0.717) is 5.69 Å². The summed E-state index contributed by atoms with van der Waals surface area (Å²) in [6, 6.07) is 8.90. The van der Waals surface area contributed by atoms with E-state index in [9.17, 15) is 13.2 Å². The number of para-hydroxylation sites is 1. The Morgan fingerprint density at radius 1 is 1.20 bits per heavy atom. The molecule has 0 saturated carbocycles. The monoisotopic (exact) mass is 215 g/mol. The highest BCUT2D eigenvalue weighted by molar-refractivity contribution is 5.80. The molecule has 0 unspecified atom stereocenters. The van der Waals surface area contributed by atoms with Gasteiger partial charge in [-0.2, -0.15) is 0 Å². The molecule has 0 amide bonds. The molecule has 0 saturated heterocycles. The predicted octanol–water partition coefficient (Wildman–Crippen LogP) is 3.20. The van der Waals surface area contributed by atoms with Crippen molar-refractivity contribution >= 4 is 10.9 Å². The van der Waals surface area contributed by atoms with Crippen LogP contribution in [0.25, 0.3) is 10.9 Å². The van der Waals surface area contributed by atoms with Crippen LogP contribution in [0.5, 0.6) is 0 Å². The number of nitrogens with one attached hydrogen (secondary N) is 1. The van der Waals surface area contributed by atoms with E-state index in [0.717, 1.165) is 10.9 Å². The Kier molecular flexibility index (Phi) is 2.40.